The van der Waals surface area contributed by atoms with Crippen LogP contribution in [0.1, 0.15) is 62.1 Å². The van der Waals surface area contributed by atoms with Crippen LogP contribution in [0.15, 0.2) is 12.1 Å². The third-order valence-electron chi connectivity index (χ3n) is 4.58. The molecule has 0 aromatic heterocycles. The third-order valence-corrected chi connectivity index (χ3v) is 4.58. The van der Waals surface area contributed by atoms with E-state index in [2.05, 4.69) is 19.9 Å². The molecule has 1 aromatic carbocycles. The van der Waals surface area contributed by atoms with Crippen molar-refractivity contribution in [2.45, 2.75) is 57.8 Å². The van der Waals surface area contributed by atoms with Gasteiger partial charge in [0.1, 0.15) is 5.75 Å². The monoisotopic (exact) mass is 276 g/mol. The van der Waals surface area contributed by atoms with Crippen LogP contribution < -0.4 is 4.74 Å². The Morgan fingerprint density at radius 1 is 1.30 bits per heavy atom. The van der Waals surface area contributed by atoms with E-state index in [0.717, 1.165) is 48.1 Å². The number of carbonyl (C=O) groups is 1. The fraction of sp³-hybridized carbons (Fsp3) is 0.588. The van der Waals surface area contributed by atoms with Gasteiger partial charge in [-0.2, -0.15) is 0 Å². The summed E-state index contributed by atoms with van der Waals surface area (Å²) in [4.78, 5) is 11.9. The minimum atomic E-state index is -0.694. The lowest BCUT2D eigenvalue weighted by Gasteiger charge is -2.28. The quantitative estimate of drug-likeness (QED) is 0.903. The van der Waals surface area contributed by atoms with Gasteiger partial charge in [-0.05, 0) is 48.4 Å². The summed E-state index contributed by atoms with van der Waals surface area (Å²) in [6, 6.07) is 4.06. The maximum atomic E-state index is 11.9. The number of carboxylic acids is 1. The molecule has 1 aliphatic carbocycles. The van der Waals surface area contributed by atoms with Crippen LogP contribution in [0, 0.1) is 6.92 Å². The standard InChI is InChI=1S/C17H24O3/c1-11(2)13-10-14(12(3)9-15(13)20-4)17(16(18)19)7-5-6-8-17/h9-11H,5-8H2,1-4H3,(H,18,19). The highest BCUT2D eigenvalue weighted by Crippen LogP contribution is 2.45. The Hall–Kier alpha value is -1.51. The molecule has 0 heterocycles. The minimum Gasteiger partial charge on any atom is -0.496 e. The second kappa shape index (κ2) is 5.47. The molecule has 1 N–H and O–H groups in total. The van der Waals surface area contributed by atoms with E-state index < -0.39 is 11.4 Å². The molecule has 1 aliphatic rings. The van der Waals surface area contributed by atoms with Crippen LogP contribution in [-0.4, -0.2) is 18.2 Å². The lowest BCUT2D eigenvalue weighted by atomic mass is 9.75. The fourth-order valence-corrected chi connectivity index (χ4v) is 3.42. The largest absolute Gasteiger partial charge is 0.496 e. The van der Waals surface area contributed by atoms with Gasteiger partial charge in [-0.15, -0.1) is 0 Å². The first kappa shape index (κ1) is 14.9. The van der Waals surface area contributed by atoms with Crippen molar-refractivity contribution in [1.82, 2.24) is 0 Å². The van der Waals surface area contributed by atoms with E-state index in [1.807, 2.05) is 13.0 Å². The highest BCUT2D eigenvalue weighted by Gasteiger charge is 2.44. The maximum Gasteiger partial charge on any atom is 0.314 e. The van der Waals surface area contributed by atoms with Gasteiger partial charge in [0.15, 0.2) is 0 Å². The first-order valence-electron chi connectivity index (χ1n) is 7.35. The number of hydrogen-bond acceptors (Lipinski definition) is 2. The van der Waals surface area contributed by atoms with Crippen LogP contribution in [0.25, 0.3) is 0 Å². The molecule has 20 heavy (non-hydrogen) atoms. The Morgan fingerprint density at radius 3 is 2.35 bits per heavy atom. The molecule has 0 radical (unpaired) electrons. The summed E-state index contributed by atoms with van der Waals surface area (Å²) in [6.45, 7) is 6.21. The predicted octanol–water partition coefficient (Wildman–Crippen LogP) is 4.02. The summed E-state index contributed by atoms with van der Waals surface area (Å²) in [5.74, 6) is 0.495. The molecule has 0 aliphatic heterocycles. The number of benzene rings is 1. The highest BCUT2D eigenvalue weighted by atomic mass is 16.5. The molecule has 110 valence electrons. The highest BCUT2D eigenvalue weighted by molar-refractivity contribution is 5.82. The van der Waals surface area contributed by atoms with Crippen molar-refractivity contribution in [3.63, 3.8) is 0 Å². The SMILES string of the molecule is COc1cc(C)c(C2(C(=O)O)CCCC2)cc1C(C)C. The molecule has 1 aromatic rings. The smallest absolute Gasteiger partial charge is 0.314 e. The van der Waals surface area contributed by atoms with E-state index >= 15 is 0 Å². The third kappa shape index (κ3) is 2.30. The molecular weight excluding hydrogens is 252 g/mol. The molecule has 0 amide bonds. The van der Waals surface area contributed by atoms with E-state index in [-0.39, 0.29) is 0 Å². The molecule has 3 heteroatoms. The first-order chi connectivity index (χ1) is 9.42. The Morgan fingerprint density at radius 2 is 1.90 bits per heavy atom. The van der Waals surface area contributed by atoms with Gasteiger partial charge in [-0.25, -0.2) is 0 Å². The van der Waals surface area contributed by atoms with Gasteiger partial charge >= 0.3 is 5.97 Å². The van der Waals surface area contributed by atoms with E-state index in [1.54, 1.807) is 7.11 Å². The number of rotatable bonds is 4. The molecule has 0 saturated heterocycles. The summed E-state index contributed by atoms with van der Waals surface area (Å²) < 4.78 is 5.45. The number of carboxylic acid groups (broad SMARTS) is 1. The van der Waals surface area contributed by atoms with Crippen LogP contribution in [0.4, 0.5) is 0 Å². The molecule has 3 nitrogen and oxygen atoms in total. The Bertz CT molecular complexity index is 511. The van der Waals surface area contributed by atoms with Crippen LogP contribution in [0.3, 0.4) is 0 Å². The minimum absolute atomic E-state index is 0.316. The summed E-state index contributed by atoms with van der Waals surface area (Å²) in [5, 5.41) is 9.77. The Balaban J connectivity index is 2.61. The summed E-state index contributed by atoms with van der Waals surface area (Å²) in [7, 11) is 1.67. The van der Waals surface area contributed by atoms with Gasteiger partial charge in [0.05, 0.1) is 12.5 Å². The van der Waals surface area contributed by atoms with Crippen LogP contribution in [0.5, 0.6) is 5.75 Å². The summed E-state index contributed by atoms with van der Waals surface area (Å²) in [5.41, 5.74) is 2.41. The molecule has 1 fully saturated rings. The van der Waals surface area contributed by atoms with Gasteiger partial charge in [-0.1, -0.05) is 32.8 Å². The van der Waals surface area contributed by atoms with E-state index in [1.165, 1.54) is 0 Å². The lowest BCUT2D eigenvalue weighted by Crippen LogP contribution is -2.33. The number of aliphatic carboxylic acids is 1. The van der Waals surface area contributed by atoms with Gasteiger partial charge < -0.3 is 9.84 Å². The number of methoxy groups -OCH3 is 1. The Kier molecular flexibility index (Phi) is 4.07. The zero-order valence-corrected chi connectivity index (χ0v) is 12.8. The second-order valence-electron chi connectivity index (χ2n) is 6.16. The van der Waals surface area contributed by atoms with Gasteiger partial charge in [0.25, 0.3) is 0 Å². The molecule has 0 unspecified atom stereocenters. The van der Waals surface area contributed by atoms with Crippen LogP contribution >= 0.6 is 0 Å². The predicted molar refractivity (Wildman–Crippen MR) is 79.6 cm³/mol. The average Bonchev–Trinajstić information content (AvgIpc) is 2.88. The number of hydrogen-bond donors (Lipinski definition) is 1. The first-order valence-corrected chi connectivity index (χ1v) is 7.35. The molecule has 2 rings (SSSR count). The van der Waals surface area contributed by atoms with Gasteiger partial charge in [-0.3, -0.25) is 4.79 Å². The zero-order chi connectivity index (χ0) is 14.9. The van der Waals surface area contributed by atoms with Gasteiger partial charge in [0.2, 0.25) is 0 Å². The van der Waals surface area contributed by atoms with E-state index in [0.29, 0.717) is 5.92 Å². The van der Waals surface area contributed by atoms with Crippen molar-refractivity contribution in [2.24, 2.45) is 0 Å². The zero-order valence-electron chi connectivity index (χ0n) is 12.8. The molecule has 0 atom stereocenters. The molecule has 0 spiro atoms. The topological polar surface area (TPSA) is 46.5 Å². The van der Waals surface area contributed by atoms with Crippen molar-refractivity contribution in [2.75, 3.05) is 7.11 Å². The average molecular weight is 276 g/mol. The van der Waals surface area contributed by atoms with Crippen molar-refractivity contribution >= 4 is 5.97 Å². The van der Waals surface area contributed by atoms with Gasteiger partial charge in [0, 0.05) is 0 Å². The van der Waals surface area contributed by atoms with Crippen molar-refractivity contribution < 1.29 is 14.6 Å². The van der Waals surface area contributed by atoms with E-state index in [9.17, 15) is 9.90 Å². The Labute approximate surface area is 121 Å². The van der Waals surface area contributed by atoms with Crippen molar-refractivity contribution in [1.29, 1.82) is 0 Å². The molecular formula is C17H24O3. The number of aryl methyl sites for hydroxylation is 1. The fourth-order valence-electron chi connectivity index (χ4n) is 3.42. The van der Waals surface area contributed by atoms with Crippen molar-refractivity contribution in [3.05, 3.63) is 28.8 Å². The second-order valence-corrected chi connectivity index (χ2v) is 6.16. The molecule has 1 saturated carbocycles. The van der Waals surface area contributed by atoms with Crippen molar-refractivity contribution in [3.8, 4) is 5.75 Å². The summed E-state index contributed by atoms with van der Waals surface area (Å²) >= 11 is 0. The number of ether oxygens (including phenoxy) is 1. The molecule has 0 bridgehead atoms. The summed E-state index contributed by atoms with van der Waals surface area (Å²) in [6.07, 6.45) is 3.48. The van der Waals surface area contributed by atoms with E-state index in [4.69, 9.17) is 4.74 Å². The normalized spacial score (nSPS) is 17.4. The maximum absolute atomic E-state index is 11.9. The van der Waals surface area contributed by atoms with Crippen LogP contribution in [0.2, 0.25) is 0 Å². The lowest BCUT2D eigenvalue weighted by molar-refractivity contribution is -0.143. The van der Waals surface area contributed by atoms with Crippen LogP contribution in [-0.2, 0) is 10.2 Å².